The van der Waals surface area contributed by atoms with Crippen molar-refractivity contribution in [1.29, 1.82) is 0 Å². The van der Waals surface area contributed by atoms with Gasteiger partial charge in [0.05, 0.1) is 12.9 Å². The van der Waals surface area contributed by atoms with Crippen molar-refractivity contribution in [2.24, 2.45) is 0 Å². The zero-order chi connectivity index (χ0) is 22.8. The molecule has 2 aromatic carbocycles. The molecule has 0 radical (unpaired) electrons. The monoisotopic (exact) mass is 452 g/mol. The lowest BCUT2D eigenvalue weighted by Gasteiger charge is -2.10. The molecule has 3 aromatic rings. The number of amides is 2. The minimum Gasteiger partial charge on any atom is -0.497 e. The summed E-state index contributed by atoms with van der Waals surface area (Å²) in [6.45, 7) is 3.23. The van der Waals surface area contributed by atoms with Crippen molar-refractivity contribution in [2.75, 3.05) is 19.4 Å². The van der Waals surface area contributed by atoms with Gasteiger partial charge in [-0.05, 0) is 48.4 Å². The van der Waals surface area contributed by atoms with Crippen LogP contribution in [-0.2, 0) is 11.3 Å². The van der Waals surface area contributed by atoms with Gasteiger partial charge in [0.1, 0.15) is 5.75 Å². The molecule has 0 aliphatic heterocycles. The molecule has 2 N–H and O–H groups in total. The molecule has 0 aliphatic rings. The highest BCUT2D eigenvalue weighted by Gasteiger charge is 2.11. The molecule has 0 aliphatic carbocycles. The van der Waals surface area contributed by atoms with Crippen LogP contribution in [0.2, 0.25) is 0 Å². The number of rotatable bonds is 11. The van der Waals surface area contributed by atoms with Gasteiger partial charge in [-0.1, -0.05) is 37.2 Å². The lowest BCUT2D eigenvalue weighted by molar-refractivity contribution is -0.118. The first-order chi connectivity index (χ1) is 15.6. The Morgan fingerprint density at radius 3 is 2.50 bits per heavy atom. The molecule has 32 heavy (non-hydrogen) atoms. The summed E-state index contributed by atoms with van der Waals surface area (Å²) in [5.41, 5.74) is 2.51. The Kier molecular flexibility index (Phi) is 8.74. The van der Waals surface area contributed by atoms with Gasteiger partial charge in [-0.25, -0.2) is 4.98 Å². The second kappa shape index (κ2) is 12.0. The second-order valence-corrected chi connectivity index (χ2v) is 8.09. The summed E-state index contributed by atoms with van der Waals surface area (Å²) in [4.78, 5) is 28.8. The zero-order valence-corrected chi connectivity index (χ0v) is 19.2. The topological polar surface area (TPSA) is 85.2 Å². The summed E-state index contributed by atoms with van der Waals surface area (Å²) < 4.78 is 7.04. The van der Waals surface area contributed by atoms with Crippen molar-refractivity contribution >= 4 is 23.6 Å². The molecule has 0 saturated heterocycles. The van der Waals surface area contributed by atoms with Gasteiger partial charge >= 0.3 is 0 Å². The number of carbonyl (C=O) groups is 2. The summed E-state index contributed by atoms with van der Waals surface area (Å²) >= 11 is 1.36. The van der Waals surface area contributed by atoms with E-state index in [9.17, 15) is 9.59 Å². The van der Waals surface area contributed by atoms with Crippen molar-refractivity contribution in [3.8, 4) is 11.4 Å². The third-order valence-corrected chi connectivity index (χ3v) is 5.78. The first kappa shape index (κ1) is 23.4. The largest absolute Gasteiger partial charge is 0.497 e. The minimum atomic E-state index is -0.0706. The Labute approximate surface area is 192 Å². The molecule has 0 unspecified atom stereocenters. The molecule has 0 bridgehead atoms. The normalized spacial score (nSPS) is 10.6. The van der Waals surface area contributed by atoms with E-state index in [2.05, 4.69) is 22.5 Å². The Bertz CT molecular complexity index is 1020. The van der Waals surface area contributed by atoms with E-state index in [1.165, 1.54) is 11.8 Å². The van der Waals surface area contributed by atoms with Crippen LogP contribution in [0, 0.1) is 0 Å². The highest BCUT2D eigenvalue weighted by molar-refractivity contribution is 7.99. The van der Waals surface area contributed by atoms with E-state index in [4.69, 9.17) is 4.74 Å². The number of methoxy groups -OCH3 is 1. The van der Waals surface area contributed by atoms with Crippen LogP contribution in [0.5, 0.6) is 5.75 Å². The van der Waals surface area contributed by atoms with Gasteiger partial charge in [-0.2, -0.15) is 0 Å². The van der Waals surface area contributed by atoms with Crippen LogP contribution in [0.15, 0.2) is 66.1 Å². The number of imidazole rings is 1. The van der Waals surface area contributed by atoms with E-state index < -0.39 is 0 Å². The van der Waals surface area contributed by atoms with Gasteiger partial charge < -0.3 is 15.4 Å². The van der Waals surface area contributed by atoms with Gasteiger partial charge in [0, 0.05) is 36.7 Å². The lowest BCUT2D eigenvalue weighted by atomic mass is 10.2. The number of nitrogens with one attached hydrogen (secondary N) is 2. The molecule has 0 saturated carbocycles. The third kappa shape index (κ3) is 6.62. The predicted molar refractivity (Wildman–Crippen MR) is 126 cm³/mol. The molecule has 2 amide bonds. The summed E-state index contributed by atoms with van der Waals surface area (Å²) in [7, 11) is 1.62. The molecular formula is C24H28N4O3S. The van der Waals surface area contributed by atoms with E-state index in [1.807, 2.05) is 47.2 Å². The van der Waals surface area contributed by atoms with Crippen LogP contribution in [0.3, 0.4) is 0 Å². The fraction of sp³-hybridized carbons (Fsp3) is 0.292. The summed E-state index contributed by atoms with van der Waals surface area (Å²) in [6, 6.07) is 14.9. The number of aromatic nitrogens is 2. The minimum absolute atomic E-state index is 0.0699. The van der Waals surface area contributed by atoms with Gasteiger partial charge in [0.15, 0.2) is 5.16 Å². The number of nitrogens with zero attached hydrogens (tertiary/aromatic N) is 2. The predicted octanol–water partition coefficient (Wildman–Crippen LogP) is 3.82. The fourth-order valence-corrected chi connectivity index (χ4v) is 3.78. The summed E-state index contributed by atoms with van der Waals surface area (Å²) in [5.74, 6) is 0.899. The summed E-state index contributed by atoms with van der Waals surface area (Å²) in [5, 5.41) is 6.54. The molecule has 8 heteroatoms. The second-order valence-electron chi connectivity index (χ2n) is 7.15. The van der Waals surface area contributed by atoms with Crippen LogP contribution in [0.4, 0.5) is 0 Å². The Balaban J connectivity index is 1.52. The maximum absolute atomic E-state index is 12.3. The van der Waals surface area contributed by atoms with Crippen molar-refractivity contribution < 1.29 is 14.3 Å². The molecule has 1 heterocycles. The Morgan fingerprint density at radius 1 is 1.06 bits per heavy atom. The number of hydrogen-bond donors (Lipinski definition) is 2. The third-order valence-electron chi connectivity index (χ3n) is 4.81. The number of carbonyl (C=O) groups excluding carboxylic acids is 2. The van der Waals surface area contributed by atoms with Crippen LogP contribution >= 0.6 is 11.8 Å². The highest BCUT2D eigenvalue weighted by Crippen LogP contribution is 2.21. The average molecular weight is 453 g/mol. The lowest BCUT2D eigenvalue weighted by Crippen LogP contribution is -2.24. The van der Waals surface area contributed by atoms with Crippen molar-refractivity contribution in [3.63, 3.8) is 0 Å². The number of unbranched alkanes of at least 4 members (excludes halogenated alkanes) is 1. The standard InChI is InChI=1S/C24H28N4O3S/c1-3-4-13-25-23(30)19-7-9-20(10-8-19)28-15-14-26-24(28)32-17-22(29)27-16-18-5-11-21(31-2)12-6-18/h5-12,14-15H,3-4,13,16-17H2,1-2H3,(H,25,30)(H,27,29). The van der Waals surface area contributed by atoms with Crippen molar-refractivity contribution in [1.82, 2.24) is 20.2 Å². The van der Waals surface area contributed by atoms with Crippen LogP contribution < -0.4 is 15.4 Å². The first-order valence-corrected chi connectivity index (χ1v) is 11.5. The van der Waals surface area contributed by atoms with Gasteiger partial charge in [-0.15, -0.1) is 0 Å². The zero-order valence-electron chi connectivity index (χ0n) is 18.3. The quantitative estimate of drug-likeness (QED) is 0.341. The van der Waals surface area contributed by atoms with Crippen LogP contribution in [-0.4, -0.2) is 40.8 Å². The average Bonchev–Trinajstić information content (AvgIpc) is 3.30. The van der Waals surface area contributed by atoms with E-state index in [1.54, 1.807) is 25.4 Å². The molecule has 7 nitrogen and oxygen atoms in total. The Hall–Kier alpha value is -3.26. The van der Waals surface area contributed by atoms with E-state index in [0.717, 1.165) is 29.8 Å². The molecule has 1 aromatic heterocycles. The maximum Gasteiger partial charge on any atom is 0.251 e. The number of thioether (sulfide) groups is 1. The number of benzene rings is 2. The Morgan fingerprint density at radius 2 is 1.81 bits per heavy atom. The van der Waals surface area contributed by atoms with E-state index in [-0.39, 0.29) is 17.6 Å². The van der Waals surface area contributed by atoms with Gasteiger partial charge in [-0.3, -0.25) is 14.2 Å². The first-order valence-electron chi connectivity index (χ1n) is 10.5. The van der Waals surface area contributed by atoms with Crippen LogP contribution in [0.25, 0.3) is 5.69 Å². The van der Waals surface area contributed by atoms with Gasteiger partial charge in [0.2, 0.25) is 5.91 Å². The highest BCUT2D eigenvalue weighted by atomic mass is 32.2. The van der Waals surface area contributed by atoms with E-state index in [0.29, 0.717) is 23.8 Å². The molecular weight excluding hydrogens is 424 g/mol. The van der Waals surface area contributed by atoms with Crippen molar-refractivity contribution in [3.05, 3.63) is 72.1 Å². The maximum atomic E-state index is 12.3. The fourth-order valence-electron chi connectivity index (χ4n) is 2.97. The smallest absolute Gasteiger partial charge is 0.251 e. The van der Waals surface area contributed by atoms with E-state index >= 15 is 0 Å². The SMILES string of the molecule is CCCCNC(=O)c1ccc(-n2ccnc2SCC(=O)NCc2ccc(OC)cc2)cc1. The molecule has 0 atom stereocenters. The molecule has 0 spiro atoms. The van der Waals surface area contributed by atoms with Crippen LogP contribution in [0.1, 0.15) is 35.7 Å². The molecule has 168 valence electrons. The van der Waals surface area contributed by atoms with Crippen molar-refractivity contribution in [2.45, 2.75) is 31.5 Å². The summed E-state index contributed by atoms with van der Waals surface area (Å²) in [6.07, 6.45) is 5.55. The molecule has 0 fully saturated rings. The number of hydrogen-bond acceptors (Lipinski definition) is 5. The number of ether oxygens (including phenoxy) is 1. The molecule has 3 rings (SSSR count). The van der Waals surface area contributed by atoms with Gasteiger partial charge in [0.25, 0.3) is 5.91 Å².